The Balaban J connectivity index is 2.41. The van der Waals surface area contributed by atoms with Crippen molar-refractivity contribution >= 4 is 43.4 Å². The van der Waals surface area contributed by atoms with E-state index in [-0.39, 0.29) is 10.8 Å². The third kappa shape index (κ3) is 3.23. The molecule has 0 bridgehead atoms. The molecule has 0 spiro atoms. The molecule has 1 N–H and O–H groups in total. The molecule has 4 nitrogen and oxygen atoms in total. The zero-order valence-corrected chi connectivity index (χ0v) is 12.4. The van der Waals surface area contributed by atoms with Crippen LogP contribution in [0.25, 0.3) is 0 Å². The maximum Gasteiger partial charge on any atom is 0.266 e. The summed E-state index contributed by atoms with van der Waals surface area (Å²) < 4.78 is 40.3. The lowest BCUT2D eigenvalue weighted by Crippen LogP contribution is -2.15. The average Bonchev–Trinajstić information content (AvgIpc) is 2.31. The second kappa shape index (κ2) is 5.44. The van der Waals surface area contributed by atoms with Crippen LogP contribution in [0.1, 0.15) is 0 Å². The first-order valence-corrected chi connectivity index (χ1v) is 7.64. The van der Waals surface area contributed by atoms with Crippen LogP contribution in [0.5, 0.6) is 0 Å². The maximum atomic E-state index is 13.6. The van der Waals surface area contributed by atoms with Crippen LogP contribution in [0.15, 0.2) is 45.9 Å². The SMILES string of the molecule is O=S(=O)(Nc1ncccc1Cl)c1ccc(Br)cc1F. The van der Waals surface area contributed by atoms with E-state index in [0.717, 1.165) is 12.1 Å². The Bertz CT molecular complexity index is 724. The van der Waals surface area contributed by atoms with Crippen molar-refractivity contribution in [3.8, 4) is 0 Å². The van der Waals surface area contributed by atoms with Crippen LogP contribution in [-0.2, 0) is 10.0 Å². The third-order valence-corrected chi connectivity index (χ3v) is 4.34. The number of hydrogen-bond acceptors (Lipinski definition) is 3. The van der Waals surface area contributed by atoms with Gasteiger partial charge >= 0.3 is 0 Å². The molecule has 0 unspecified atom stereocenters. The summed E-state index contributed by atoms with van der Waals surface area (Å²) >= 11 is 8.84. The molecule has 2 aromatic rings. The quantitative estimate of drug-likeness (QED) is 0.906. The van der Waals surface area contributed by atoms with Crippen LogP contribution < -0.4 is 4.72 Å². The highest BCUT2D eigenvalue weighted by atomic mass is 79.9. The molecule has 1 heterocycles. The Kier molecular flexibility index (Phi) is 4.07. The Labute approximate surface area is 122 Å². The number of benzene rings is 1. The van der Waals surface area contributed by atoms with E-state index in [4.69, 9.17) is 11.6 Å². The molecule has 0 radical (unpaired) electrons. The van der Waals surface area contributed by atoms with Crippen LogP contribution in [0.2, 0.25) is 5.02 Å². The highest BCUT2D eigenvalue weighted by molar-refractivity contribution is 9.10. The van der Waals surface area contributed by atoms with Crippen LogP contribution in [-0.4, -0.2) is 13.4 Å². The summed E-state index contributed by atoms with van der Waals surface area (Å²) in [5.74, 6) is -0.916. The Hall–Kier alpha value is -1.18. The molecule has 1 aromatic carbocycles. The van der Waals surface area contributed by atoms with Gasteiger partial charge in [0.2, 0.25) is 0 Å². The van der Waals surface area contributed by atoms with Gasteiger partial charge in [0.05, 0.1) is 5.02 Å². The van der Waals surface area contributed by atoms with Crippen LogP contribution in [0, 0.1) is 5.82 Å². The Morgan fingerprint density at radius 3 is 2.68 bits per heavy atom. The fourth-order valence-electron chi connectivity index (χ4n) is 1.34. The first-order valence-electron chi connectivity index (χ1n) is 4.98. The summed E-state index contributed by atoms with van der Waals surface area (Å²) in [4.78, 5) is 3.31. The minimum Gasteiger partial charge on any atom is -0.262 e. The molecule has 0 saturated carbocycles. The number of sulfonamides is 1. The second-order valence-corrected chi connectivity index (χ2v) is 6.49. The molecule has 19 heavy (non-hydrogen) atoms. The van der Waals surface area contributed by atoms with E-state index in [9.17, 15) is 12.8 Å². The number of nitrogens with one attached hydrogen (secondary N) is 1. The molecule has 8 heteroatoms. The second-order valence-electron chi connectivity index (χ2n) is 3.51. The van der Waals surface area contributed by atoms with Gasteiger partial charge in [-0.05, 0) is 30.3 Å². The molecule has 0 aliphatic rings. The zero-order chi connectivity index (χ0) is 14.0. The minimum absolute atomic E-state index is 0.0496. The summed E-state index contributed by atoms with van der Waals surface area (Å²) in [5.41, 5.74) is 0. The molecule has 1 aromatic heterocycles. The van der Waals surface area contributed by atoms with Gasteiger partial charge in [-0.2, -0.15) is 0 Å². The van der Waals surface area contributed by atoms with E-state index in [1.807, 2.05) is 0 Å². The lowest BCUT2D eigenvalue weighted by atomic mass is 10.3. The third-order valence-electron chi connectivity index (χ3n) is 2.17. The van der Waals surface area contributed by atoms with Gasteiger partial charge in [-0.3, -0.25) is 4.72 Å². The first kappa shape index (κ1) is 14.2. The molecule has 0 atom stereocenters. The highest BCUT2D eigenvalue weighted by Crippen LogP contribution is 2.24. The van der Waals surface area contributed by atoms with Crippen molar-refractivity contribution in [2.75, 3.05) is 4.72 Å². The predicted molar refractivity (Wildman–Crippen MR) is 74.2 cm³/mol. The largest absolute Gasteiger partial charge is 0.266 e. The van der Waals surface area contributed by atoms with Crippen molar-refractivity contribution in [2.24, 2.45) is 0 Å². The summed E-state index contributed by atoms with van der Waals surface area (Å²) in [6, 6.07) is 6.68. The van der Waals surface area contributed by atoms with E-state index in [2.05, 4.69) is 25.6 Å². The Morgan fingerprint density at radius 2 is 2.05 bits per heavy atom. The summed E-state index contributed by atoms with van der Waals surface area (Å²) in [6.07, 6.45) is 1.38. The average molecular weight is 366 g/mol. The highest BCUT2D eigenvalue weighted by Gasteiger charge is 2.20. The molecular formula is C11H7BrClFN2O2S. The summed E-state index contributed by atoms with van der Waals surface area (Å²) in [7, 11) is -4.08. The number of nitrogens with zero attached hydrogens (tertiary/aromatic N) is 1. The molecule has 2 rings (SSSR count). The number of pyridine rings is 1. The van der Waals surface area contributed by atoms with Gasteiger partial charge in [0.15, 0.2) is 5.82 Å². The lowest BCUT2D eigenvalue weighted by molar-refractivity contribution is 0.569. The van der Waals surface area contributed by atoms with Crippen LogP contribution in [0.3, 0.4) is 0 Å². The van der Waals surface area contributed by atoms with Crippen molar-refractivity contribution in [3.63, 3.8) is 0 Å². The number of hydrogen-bond donors (Lipinski definition) is 1. The lowest BCUT2D eigenvalue weighted by Gasteiger charge is -2.09. The topological polar surface area (TPSA) is 59.1 Å². The van der Waals surface area contributed by atoms with Gasteiger partial charge in [0.1, 0.15) is 10.7 Å². The van der Waals surface area contributed by atoms with Gasteiger partial charge in [-0.1, -0.05) is 27.5 Å². The van der Waals surface area contributed by atoms with E-state index < -0.39 is 20.7 Å². The number of halogens is 3. The fourth-order valence-corrected chi connectivity index (χ4v) is 2.98. The minimum atomic E-state index is -4.08. The molecule has 0 amide bonds. The van der Waals surface area contributed by atoms with E-state index in [0.29, 0.717) is 4.47 Å². The van der Waals surface area contributed by atoms with Gasteiger partial charge in [0, 0.05) is 10.7 Å². The van der Waals surface area contributed by atoms with Crippen molar-refractivity contribution in [1.29, 1.82) is 0 Å². The van der Waals surface area contributed by atoms with Crippen molar-refractivity contribution in [1.82, 2.24) is 4.98 Å². The van der Waals surface area contributed by atoms with Crippen LogP contribution >= 0.6 is 27.5 Å². The number of aromatic nitrogens is 1. The van der Waals surface area contributed by atoms with Gasteiger partial charge in [0.25, 0.3) is 10.0 Å². The summed E-state index contributed by atoms with van der Waals surface area (Å²) in [5, 5.41) is 0.128. The van der Waals surface area contributed by atoms with E-state index in [1.54, 1.807) is 6.07 Å². The normalized spacial score (nSPS) is 11.3. The first-order chi connectivity index (χ1) is 8.90. The van der Waals surface area contributed by atoms with E-state index in [1.165, 1.54) is 18.3 Å². The summed E-state index contributed by atoms with van der Waals surface area (Å²) in [6.45, 7) is 0. The van der Waals surface area contributed by atoms with E-state index >= 15 is 0 Å². The zero-order valence-electron chi connectivity index (χ0n) is 9.27. The smallest absolute Gasteiger partial charge is 0.262 e. The number of anilines is 1. The molecule has 0 aliphatic heterocycles. The molecular weight excluding hydrogens is 359 g/mol. The molecule has 0 aliphatic carbocycles. The number of rotatable bonds is 3. The van der Waals surface area contributed by atoms with Crippen LogP contribution in [0.4, 0.5) is 10.2 Å². The fraction of sp³-hybridized carbons (Fsp3) is 0. The van der Waals surface area contributed by atoms with Gasteiger partial charge < -0.3 is 0 Å². The van der Waals surface area contributed by atoms with Crippen molar-refractivity contribution < 1.29 is 12.8 Å². The molecule has 100 valence electrons. The monoisotopic (exact) mass is 364 g/mol. The molecule has 0 saturated heterocycles. The van der Waals surface area contributed by atoms with Gasteiger partial charge in [-0.15, -0.1) is 0 Å². The Morgan fingerprint density at radius 1 is 1.32 bits per heavy atom. The molecule has 0 fully saturated rings. The van der Waals surface area contributed by atoms with Crippen molar-refractivity contribution in [3.05, 3.63) is 51.8 Å². The van der Waals surface area contributed by atoms with Crippen molar-refractivity contribution in [2.45, 2.75) is 4.90 Å². The maximum absolute atomic E-state index is 13.6. The standard InChI is InChI=1S/C11H7BrClFN2O2S/c12-7-3-4-10(9(14)6-7)19(17,18)16-11-8(13)2-1-5-15-11/h1-6H,(H,15,16). The van der Waals surface area contributed by atoms with Gasteiger partial charge in [-0.25, -0.2) is 17.8 Å². The predicted octanol–water partition coefficient (Wildman–Crippen LogP) is 3.44.